The summed E-state index contributed by atoms with van der Waals surface area (Å²) in [4.78, 5) is 23.8. The zero-order valence-corrected chi connectivity index (χ0v) is 14.5. The van der Waals surface area contributed by atoms with Crippen LogP contribution in [-0.4, -0.2) is 26.0 Å². The van der Waals surface area contributed by atoms with Gasteiger partial charge in [0.2, 0.25) is 11.8 Å². The Hall–Kier alpha value is -3.53. The molecule has 0 aliphatic carbocycles. The van der Waals surface area contributed by atoms with Crippen LogP contribution in [0.3, 0.4) is 0 Å². The van der Waals surface area contributed by atoms with E-state index in [1.54, 1.807) is 49.6 Å². The average Bonchev–Trinajstić information content (AvgIpc) is 2.66. The lowest BCUT2D eigenvalue weighted by atomic mass is 10.2. The number of hydrogen-bond donors (Lipinski definition) is 2. The first-order valence-corrected chi connectivity index (χ1v) is 7.83. The summed E-state index contributed by atoms with van der Waals surface area (Å²) < 4.78 is 10.4. The normalized spacial score (nSPS) is 9.73. The summed E-state index contributed by atoms with van der Waals surface area (Å²) in [7, 11) is 3.08. The van der Waals surface area contributed by atoms with E-state index in [0.717, 1.165) is 5.56 Å². The number of carbonyl (C=O) groups is 2. The van der Waals surface area contributed by atoms with Crippen molar-refractivity contribution in [2.75, 3.05) is 19.5 Å². The molecule has 0 unspecified atom stereocenters. The Bertz CT molecular complexity index is 826. The largest absolute Gasteiger partial charge is 0.493 e. The molecule has 0 saturated carbocycles. The van der Waals surface area contributed by atoms with Crippen LogP contribution in [0, 0.1) is 11.3 Å². The van der Waals surface area contributed by atoms with E-state index in [1.807, 2.05) is 6.07 Å². The molecule has 0 atom stereocenters. The highest BCUT2D eigenvalue weighted by Gasteiger charge is 2.10. The van der Waals surface area contributed by atoms with Gasteiger partial charge >= 0.3 is 0 Å². The number of hydrogen-bond acceptors (Lipinski definition) is 5. The molecular formula is C19H19N3O4. The molecule has 2 aromatic carbocycles. The SMILES string of the molecule is COc1ccc(CNC(=O)CC(=O)Nc2ccc(C#N)cc2)cc1OC. The van der Waals surface area contributed by atoms with Gasteiger partial charge in [0.25, 0.3) is 0 Å². The van der Waals surface area contributed by atoms with Crippen LogP contribution in [0.1, 0.15) is 17.5 Å². The summed E-state index contributed by atoms with van der Waals surface area (Å²) in [5.74, 6) is 0.340. The number of nitrogens with one attached hydrogen (secondary N) is 2. The minimum absolute atomic E-state index is 0.267. The molecule has 7 nitrogen and oxygen atoms in total. The van der Waals surface area contributed by atoms with Crippen molar-refractivity contribution in [3.05, 3.63) is 53.6 Å². The van der Waals surface area contributed by atoms with Crippen molar-refractivity contribution in [3.63, 3.8) is 0 Å². The molecule has 0 spiro atoms. The average molecular weight is 353 g/mol. The fraction of sp³-hybridized carbons (Fsp3) is 0.211. The van der Waals surface area contributed by atoms with Crippen molar-refractivity contribution in [1.29, 1.82) is 5.26 Å². The van der Waals surface area contributed by atoms with Gasteiger partial charge < -0.3 is 20.1 Å². The van der Waals surface area contributed by atoms with E-state index in [0.29, 0.717) is 22.7 Å². The fourth-order valence-electron chi connectivity index (χ4n) is 2.23. The van der Waals surface area contributed by atoms with Gasteiger partial charge in [0.15, 0.2) is 11.5 Å². The van der Waals surface area contributed by atoms with Crippen LogP contribution in [0.4, 0.5) is 5.69 Å². The van der Waals surface area contributed by atoms with Crippen LogP contribution in [0.25, 0.3) is 0 Å². The summed E-state index contributed by atoms with van der Waals surface area (Å²) in [6, 6.07) is 13.7. The Morgan fingerprint density at radius 2 is 1.69 bits per heavy atom. The second kappa shape index (κ2) is 9.08. The van der Waals surface area contributed by atoms with Crippen molar-refractivity contribution in [1.82, 2.24) is 5.32 Å². The predicted octanol–water partition coefficient (Wildman–Crippen LogP) is 2.22. The van der Waals surface area contributed by atoms with Crippen LogP contribution in [0.2, 0.25) is 0 Å². The molecule has 2 amide bonds. The van der Waals surface area contributed by atoms with Gasteiger partial charge in [-0.1, -0.05) is 6.07 Å². The monoisotopic (exact) mass is 353 g/mol. The fourth-order valence-corrected chi connectivity index (χ4v) is 2.23. The Labute approximate surface area is 151 Å². The van der Waals surface area contributed by atoms with E-state index in [-0.39, 0.29) is 13.0 Å². The molecule has 0 aromatic heterocycles. The standard InChI is InChI=1S/C19H19N3O4/c1-25-16-8-5-14(9-17(16)26-2)12-21-18(23)10-19(24)22-15-6-3-13(11-20)4-7-15/h3-9H,10,12H2,1-2H3,(H,21,23)(H,22,24). The zero-order valence-electron chi connectivity index (χ0n) is 14.5. The number of rotatable bonds is 7. The highest BCUT2D eigenvalue weighted by Crippen LogP contribution is 2.27. The summed E-state index contributed by atoms with van der Waals surface area (Å²) in [6.07, 6.45) is -0.298. The summed E-state index contributed by atoms with van der Waals surface area (Å²) >= 11 is 0. The van der Waals surface area contributed by atoms with Crippen molar-refractivity contribution in [3.8, 4) is 17.6 Å². The number of benzene rings is 2. The maximum absolute atomic E-state index is 11.9. The zero-order chi connectivity index (χ0) is 18.9. The van der Waals surface area contributed by atoms with Crippen molar-refractivity contribution >= 4 is 17.5 Å². The van der Waals surface area contributed by atoms with Crippen molar-refractivity contribution < 1.29 is 19.1 Å². The number of nitriles is 1. The molecule has 0 fully saturated rings. The van der Waals surface area contributed by atoms with Crippen LogP contribution in [0.5, 0.6) is 11.5 Å². The van der Waals surface area contributed by atoms with E-state index >= 15 is 0 Å². The summed E-state index contributed by atoms with van der Waals surface area (Å²) in [5.41, 5.74) is 1.85. The maximum atomic E-state index is 11.9. The molecule has 0 saturated heterocycles. The molecule has 0 aliphatic heterocycles. The molecule has 2 aromatic rings. The van der Waals surface area contributed by atoms with E-state index in [1.165, 1.54) is 7.11 Å². The van der Waals surface area contributed by atoms with Crippen LogP contribution >= 0.6 is 0 Å². The number of nitrogens with zero attached hydrogens (tertiary/aromatic N) is 1. The van der Waals surface area contributed by atoms with Crippen molar-refractivity contribution in [2.24, 2.45) is 0 Å². The molecule has 0 bridgehead atoms. The molecular weight excluding hydrogens is 334 g/mol. The molecule has 0 heterocycles. The highest BCUT2D eigenvalue weighted by molar-refractivity contribution is 6.03. The smallest absolute Gasteiger partial charge is 0.233 e. The second-order valence-corrected chi connectivity index (χ2v) is 5.38. The molecule has 2 rings (SSSR count). The number of anilines is 1. The van der Waals surface area contributed by atoms with Gasteiger partial charge in [-0.15, -0.1) is 0 Å². The van der Waals surface area contributed by atoms with Crippen LogP contribution in [-0.2, 0) is 16.1 Å². The number of ether oxygens (including phenoxy) is 2. The third kappa shape index (κ3) is 5.24. The Kier molecular flexibility index (Phi) is 6.57. The lowest BCUT2D eigenvalue weighted by Crippen LogP contribution is -2.27. The first kappa shape index (κ1) is 18.8. The molecule has 134 valence electrons. The topological polar surface area (TPSA) is 100 Å². The van der Waals surface area contributed by atoms with E-state index in [9.17, 15) is 9.59 Å². The van der Waals surface area contributed by atoms with Crippen molar-refractivity contribution in [2.45, 2.75) is 13.0 Å². The Balaban J connectivity index is 1.84. The minimum Gasteiger partial charge on any atom is -0.493 e. The van der Waals surface area contributed by atoms with Gasteiger partial charge in [0, 0.05) is 12.2 Å². The quantitative estimate of drug-likeness (QED) is 0.744. The van der Waals surface area contributed by atoms with E-state index < -0.39 is 11.8 Å². The number of carbonyl (C=O) groups excluding carboxylic acids is 2. The summed E-state index contributed by atoms with van der Waals surface area (Å²) in [5, 5.41) is 14.0. The summed E-state index contributed by atoms with van der Waals surface area (Å²) in [6.45, 7) is 0.267. The molecule has 7 heteroatoms. The number of amides is 2. The predicted molar refractivity (Wildman–Crippen MR) is 95.8 cm³/mol. The highest BCUT2D eigenvalue weighted by atomic mass is 16.5. The molecule has 0 radical (unpaired) electrons. The van der Waals surface area contributed by atoms with E-state index in [4.69, 9.17) is 14.7 Å². The first-order chi connectivity index (χ1) is 12.5. The third-order valence-corrected chi connectivity index (χ3v) is 3.56. The lowest BCUT2D eigenvalue weighted by Gasteiger charge is -2.10. The minimum atomic E-state index is -0.431. The van der Waals surface area contributed by atoms with Gasteiger partial charge in [-0.25, -0.2) is 0 Å². The first-order valence-electron chi connectivity index (χ1n) is 7.83. The Morgan fingerprint density at radius 3 is 2.31 bits per heavy atom. The van der Waals surface area contributed by atoms with E-state index in [2.05, 4.69) is 10.6 Å². The van der Waals surface area contributed by atoms with Gasteiger partial charge in [-0.05, 0) is 42.0 Å². The molecule has 2 N–H and O–H groups in total. The molecule has 0 aliphatic rings. The van der Waals surface area contributed by atoms with Crippen LogP contribution < -0.4 is 20.1 Å². The Morgan fingerprint density at radius 1 is 1.00 bits per heavy atom. The maximum Gasteiger partial charge on any atom is 0.233 e. The van der Waals surface area contributed by atoms with Crippen LogP contribution in [0.15, 0.2) is 42.5 Å². The van der Waals surface area contributed by atoms with Gasteiger partial charge in [-0.3, -0.25) is 9.59 Å². The van der Waals surface area contributed by atoms with Gasteiger partial charge in [0.1, 0.15) is 6.42 Å². The van der Waals surface area contributed by atoms with Gasteiger partial charge in [0.05, 0.1) is 25.9 Å². The van der Waals surface area contributed by atoms with Gasteiger partial charge in [-0.2, -0.15) is 5.26 Å². The molecule has 26 heavy (non-hydrogen) atoms. The second-order valence-electron chi connectivity index (χ2n) is 5.38. The third-order valence-electron chi connectivity index (χ3n) is 3.56. The number of methoxy groups -OCH3 is 2. The lowest BCUT2D eigenvalue weighted by molar-refractivity contribution is -0.126.